The van der Waals surface area contributed by atoms with Gasteiger partial charge in [-0.1, -0.05) is 12.1 Å². The zero-order chi connectivity index (χ0) is 13.4. The molecule has 5 nitrogen and oxygen atoms in total. The number of carbonyl (C=O) groups is 1. The number of hydrogen-bond donors (Lipinski definition) is 0. The number of aryl methyl sites for hydroxylation is 2. The van der Waals surface area contributed by atoms with Crippen LogP contribution in [0.5, 0.6) is 5.75 Å². The van der Waals surface area contributed by atoms with E-state index in [-0.39, 0.29) is 5.91 Å². The summed E-state index contributed by atoms with van der Waals surface area (Å²) in [7, 11) is 0. The summed E-state index contributed by atoms with van der Waals surface area (Å²) in [6, 6.07) is 7.49. The van der Waals surface area contributed by atoms with Crippen molar-refractivity contribution in [3.05, 3.63) is 41.6 Å². The lowest BCUT2D eigenvalue weighted by atomic mass is 10.2. The molecule has 0 bridgehead atoms. The molecule has 2 heterocycles. The maximum Gasteiger partial charge on any atom is 0.296 e. The van der Waals surface area contributed by atoms with Crippen molar-refractivity contribution in [2.45, 2.75) is 13.8 Å². The highest BCUT2D eigenvalue weighted by molar-refractivity contribution is 6.05. The molecule has 0 radical (unpaired) electrons. The first-order valence-electron chi connectivity index (χ1n) is 6.14. The summed E-state index contributed by atoms with van der Waals surface area (Å²) >= 11 is 0. The third-order valence-electron chi connectivity index (χ3n) is 3.07. The number of aromatic nitrogens is 1. The van der Waals surface area contributed by atoms with Crippen molar-refractivity contribution < 1.29 is 13.9 Å². The maximum absolute atomic E-state index is 12.5. The Morgan fingerprint density at radius 1 is 1.32 bits per heavy atom. The van der Waals surface area contributed by atoms with Gasteiger partial charge in [-0.25, -0.2) is 4.98 Å². The number of ether oxygens (including phenoxy) is 1. The first kappa shape index (κ1) is 11.8. The molecule has 5 heteroatoms. The maximum atomic E-state index is 12.5. The van der Waals surface area contributed by atoms with Gasteiger partial charge in [0, 0.05) is 6.92 Å². The summed E-state index contributed by atoms with van der Waals surface area (Å²) in [6.07, 6.45) is 0. The fourth-order valence-electron chi connectivity index (χ4n) is 2.23. The quantitative estimate of drug-likeness (QED) is 0.787. The van der Waals surface area contributed by atoms with E-state index >= 15 is 0 Å². The van der Waals surface area contributed by atoms with Gasteiger partial charge in [-0.2, -0.15) is 0 Å². The van der Waals surface area contributed by atoms with Crippen LogP contribution < -0.4 is 9.64 Å². The average Bonchev–Trinajstić information content (AvgIpc) is 2.76. The first-order valence-corrected chi connectivity index (χ1v) is 6.14. The summed E-state index contributed by atoms with van der Waals surface area (Å²) in [4.78, 5) is 18.3. The molecule has 0 unspecified atom stereocenters. The van der Waals surface area contributed by atoms with E-state index in [0.29, 0.717) is 30.5 Å². The molecule has 1 aliphatic heterocycles. The van der Waals surface area contributed by atoms with Crippen LogP contribution in [-0.2, 0) is 0 Å². The molecule has 0 saturated heterocycles. The standard InChI is InChI=1S/C14H14N2O3/c1-9-13(19-10(2)15-9)14(17)16-7-8-18-12-6-4-3-5-11(12)16/h3-6H,7-8H2,1-2H3. The first-order chi connectivity index (χ1) is 9.16. The molecule has 0 aliphatic carbocycles. The molecule has 1 aromatic carbocycles. The summed E-state index contributed by atoms with van der Waals surface area (Å²) in [5, 5.41) is 0. The number of oxazole rings is 1. The molecule has 0 spiro atoms. The second-order valence-electron chi connectivity index (χ2n) is 4.42. The van der Waals surface area contributed by atoms with Gasteiger partial charge in [0.15, 0.2) is 5.89 Å². The molecular weight excluding hydrogens is 244 g/mol. The Balaban J connectivity index is 2.00. The van der Waals surface area contributed by atoms with Gasteiger partial charge in [0.05, 0.1) is 17.9 Å². The molecule has 19 heavy (non-hydrogen) atoms. The number of nitrogens with zero attached hydrogens (tertiary/aromatic N) is 2. The van der Waals surface area contributed by atoms with E-state index in [0.717, 1.165) is 11.4 Å². The molecule has 0 saturated carbocycles. The molecule has 2 aromatic rings. The molecular formula is C14H14N2O3. The number of rotatable bonds is 1. The smallest absolute Gasteiger partial charge is 0.296 e. The van der Waals surface area contributed by atoms with Crippen molar-refractivity contribution in [3.8, 4) is 5.75 Å². The van der Waals surface area contributed by atoms with E-state index in [2.05, 4.69) is 4.98 Å². The number of para-hydroxylation sites is 2. The fraction of sp³-hybridized carbons (Fsp3) is 0.286. The van der Waals surface area contributed by atoms with Crippen molar-refractivity contribution in [1.29, 1.82) is 0 Å². The Bertz CT molecular complexity index is 633. The molecule has 1 aromatic heterocycles. The van der Waals surface area contributed by atoms with Gasteiger partial charge in [-0.3, -0.25) is 9.69 Å². The lowest BCUT2D eigenvalue weighted by Gasteiger charge is -2.28. The summed E-state index contributed by atoms with van der Waals surface area (Å²) in [6.45, 7) is 4.50. The van der Waals surface area contributed by atoms with Crippen LogP contribution in [0.25, 0.3) is 0 Å². The van der Waals surface area contributed by atoms with Crippen molar-refractivity contribution in [2.75, 3.05) is 18.1 Å². The summed E-state index contributed by atoms with van der Waals surface area (Å²) in [5.41, 5.74) is 1.39. The normalized spacial score (nSPS) is 13.9. The van der Waals surface area contributed by atoms with Gasteiger partial charge in [0.25, 0.3) is 5.91 Å². The summed E-state index contributed by atoms with van der Waals surface area (Å²) < 4.78 is 10.9. The largest absolute Gasteiger partial charge is 0.490 e. The zero-order valence-corrected chi connectivity index (χ0v) is 10.8. The lowest BCUT2D eigenvalue weighted by molar-refractivity contribution is 0.0947. The summed E-state index contributed by atoms with van der Waals surface area (Å²) in [5.74, 6) is 1.35. The highest BCUT2D eigenvalue weighted by Crippen LogP contribution is 2.32. The highest BCUT2D eigenvalue weighted by atomic mass is 16.5. The SMILES string of the molecule is Cc1nc(C)c(C(=O)N2CCOc3ccccc32)o1. The number of benzene rings is 1. The Kier molecular flexibility index (Phi) is 2.74. The molecule has 1 aliphatic rings. The van der Waals surface area contributed by atoms with Crippen LogP contribution in [0.1, 0.15) is 22.1 Å². The third-order valence-corrected chi connectivity index (χ3v) is 3.07. The zero-order valence-electron chi connectivity index (χ0n) is 10.8. The topological polar surface area (TPSA) is 55.6 Å². The van der Waals surface area contributed by atoms with Crippen LogP contribution in [0.4, 0.5) is 5.69 Å². The van der Waals surface area contributed by atoms with Gasteiger partial charge in [0.1, 0.15) is 12.4 Å². The molecule has 1 amide bonds. The fourth-order valence-corrected chi connectivity index (χ4v) is 2.23. The van der Waals surface area contributed by atoms with Gasteiger partial charge in [-0.05, 0) is 19.1 Å². The Hall–Kier alpha value is -2.30. The van der Waals surface area contributed by atoms with Crippen LogP contribution >= 0.6 is 0 Å². The van der Waals surface area contributed by atoms with Crippen LogP contribution in [0, 0.1) is 13.8 Å². The van der Waals surface area contributed by atoms with Crippen molar-refractivity contribution in [1.82, 2.24) is 4.98 Å². The van der Waals surface area contributed by atoms with E-state index < -0.39 is 0 Å². The predicted molar refractivity (Wildman–Crippen MR) is 69.6 cm³/mol. The minimum absolute atomic E-state index is 0.172. The predicted octanol–water partition coefficient (Wildman–Crippen LogP) is 2.33. The van der Waals surface area contributed by atoms with Gasteiger partial charge in [-0.15, -0.1) is 0 Å². The van der Waals surface area contributed by atoms with Crippen molar-refractivity contribution in [3.63, 3.8) is 0 Å². The van der Waals surface area contributed by atoms with Crippen molar-refractivity contribution >= 4 is 11.6 Å². The second kappa shape index (κ2) is 4.42. The van der Waals surface area contributed by atoms with Gasteiger partial charge >= 0.3 is 0 Å². The monoisotopic (exact) mass is 258 g/mol. The van der Waals surface area contributed by atoms with Crippen LogP contribution in [-0.4, -0.2) is 24.0 Å². The van der Waals surface area contributed by atoms with E-state index in [1.165, 1.54) is 0 Å². The number of amides is 1. The Morgan fingerprint density at radius 2 is 2.11 bits per heavy atom. The van der Waals surface area contributed by atoms with E-state index in [4.69, 9.17) is 9.15 Å². The molecule has 98 valence electrons. The van der Waals surface area contributed by atoms with Gasteiger partial charge in [0.2, 0.25) is 5.76 Å². The van der Waals surface area contributed by atoms with E-state index in [1.807, 2.05) is 24.3 Å². The van der Waals surface area contributed by atoms with Crippen LogP contribution in [0.15, 0.2) is 28.7 Å². The molecule has 0 fully saturated rings. The Labute approximate surface area is 110 Å². The minimum Gasteiger partial charge on any atom is -0.490 e. The number of carbonyl (C=O) groups excluding carboxylic acids is 1. The molecule has 0 atom stereocenters. The third kappa shape index (κ3) is 1.97. The number of hydrogen-bond acceptors (Lipinski definition) is 4. The molecule has 3 rings (SSSR count). The minimum atomic E-state index is -0.172. The lowest BCUT2D eigenvalue weighted by Crippen LogP contribution is -2.38. The second-order valence-corrected chi connectivity index (χ2v) is 4.42. The average molecular weight is 258 g/mol. The van der Waals surface area contributed by atoms with E-state index in [1.54, 1.807) is 18.7 Å². The van der Waals surface area contributed by atoms with E-state index in [9.17, 15) is 4.79 Å². The number of fused-ring (bicyclic) bond motifs is 1. The van der Waals surface area contributed by atoms with Crippen molar-refractivity contribution in [2.24, 2.45) is 0 Å². The Morgan fingerprint density at radius 3 is 2.84 bits per heavy atom. The number of anilines is 1. The van der Waals surface area contributed by atoms with Crippen LogP contribution in [0.3, 0.4) is 0 Å². The molecule has 0 N–H and O–H groups in total. The van der Waals surface area contributed by atoms with Crippen LogP contribution in [0.2, 0.25) is 0 Å². The highest BCUT2D eigenvalue weighted by Gasteiger charge is 2.28. The van der Waals surface area contributed by atoms with Gasteiger partial charge < -0.3 is 9.15 Å².